The van der Waals surface area contributed by atoms with Gasteiger partial charge in [0.1, 0.15) is 6.61 Å². The summed E-state index contributed by atoms with van der Waals surface area (Å²) < 4.78 is 5.73. The van der Waals surface area contributed by atoms with Gasteiger partial charge in [-0.3, -0.25) is 4.79 Å². The van der Waals surface area contributed by atoms with Crippen molar-refractivity contribution in [2.45, 2.75) is 6.61 Å². The van der Waals surface area contributed by atoms with Crippen molar-refractivity contribution in [1.29, 1.82) is 0 Å². The Morgan fingerprint density at radius 1 is 0.885 bits per heavy atom. The Morgan fingerprint density at radius 2 is 1.65 bits per heavy atom. The van der Waals surface area contributed by atoms with Gasteiger partial charge in [0, 0.05) is 10.8 Å². The maximum atomic E-state index is 12.9. The van der Waals surface area contributed by atoms with Crippen LogP contribution in [0.15, 0.2) is 78.6 Å². The van der Waals surface area contributed by atoms with E-state index in [1.54, 1.807) is 6.08 Å². The maximum absolute atomic E-state index is 12.9. The summed E-state index contributed by atoms with van der Waals surface area (Å²) in [5.41, 5.74) is 3.18. The number of rotatable bonds is 1. The normalized spacial score (nSPS) is 15.2. The molecule has 3 heteroatoms. The third kappa shape index (κ3) is 2.37. The van der Waals surface area contributed by atoms with Crippen LogP contribution in [0.5, 0.6) is 0 Å². The van der Waals surface area contributed by atoms with E-state index in [-0.39, 0.29) is 5.78 Å². The van der Waals surface area contributed by atoms with E-state index in [0.717, 1.165) is 27.2 Å². The molecule has 5 rings (SSSR count). The van der Waals surface area contributed by atoms with E-state index in [2.05, 4.69) is 18.2 Å². The van der Waals surface area contributed by atoms with Crippen molar-refractivity contribution < 1.29 is 9.53 Å². The molecule has 0 fully saturated rings. The molecule has 0 spiro atoms. The Hall–Kier alpha value is -3.46. The molecule has 0 aliphatic carbocycles. The van der Waals surface area contributed by atoms with Crippen molar-refractivity contribution in [2.75, 3.05) is 0 Å². The standard InChI is InChI=1S/C23H15NO2/c25-23-19-13-17-11-10-16-8-4-5-9-18(16)22(17)24-20(19)14-26-21(23)12-15-6-2-1-3-7-15/h1-13H,14H2/b21-12-. The Morgan fingerprint density at radius 3 is 2.54 bits per heavy atom. The summed E-state index contributed by atoms with van der Waals surface area (Å²) in [5.74, 6) is 0.253. The van der Waals surface area contributed by atoms with Gasteiger partial charge in [0.05, 0.1) is 16.8 Å². The fourth-order valence-corrected chi connectivity index (χ4v) is 3.41. The van der Waals surface area contributed by atoms with Gasteiger partial charge in [0.15, 0.2) is 5.76 Å². The van der Waals surface area contributed by atoms with Gasteiger partial charge < -0.3 is 4.74 Å². The van der Waals surface area contributed by atoms with Crippen LogP contribution in [0.25, 0.3) is 27.8 Å². The number of aromatic nitrogens is 1. The van der Waals surface area contributed by atoms with Crippen LogP contribution < -0.4 is 0 Å². The van der Waals surface area contributed by atoms with E-state index in [4.69, 9.17) is 9.72 Å². The molecule has 0 unspecified atom stereocenters. The number of hydrogen-bond donors (Lipinski definition) is 0. The van der Waals surface area contributed by atoms with Crippen LogP contribution in [0, 0.1) is 0 Å². The summed E-state index contributed by atoms with van der Waals surface area (Å²) in [4.78, 5) is 17.7. The molecule has 3 aromatic carbocycles. The number of fused-ring (bicyclic) bond motifs is 4. The molecule has 3 nitrogen and oxygen atoms in total. The second-order valence-electron chi connectivity index (χ2n) is 6.38. The molecular weight excluding hydrogens is 322 g/mol. The number of carbonyl (C=O) groups excluding carboxylic acids is 1. The molecular formula is C23H15NO2. The zero-order valence-electron chi connectivity index (χ0n) is 14.0. The lowest BCUT2D eigenvalue weighted by molar-refractivity contribution is 0.0866. The minimum atomic E-state index is -0.113. The molecule has 1 aliphatic heterocycles. The number of pyridine rings is 1. The van der Waals surface area contributed by atoms with Gasteiger partial charge >= 0.3 is 0 Å². The zero-order valence-corrected chi connectivity index (χ0v) is 14.0. The largest absolute Gasteiger partial charge is 0.483 e. The lowest BCUT2D eigenvalue weighted by atomic mass is 9.99. The summed E-state index contributed by atoms with van der Waals surface area (Å²) in [7, 11) is 0. The molecule has 4 aromatic rings. The number of hydrogen-bond acceptors (Lipinski definition) is 3. The fourth-order valence-electron chi connectivity index (χ4n) is 3.41. The van der Waals surface area contributed by atoms with E-state index in [9.17, 15) is 4.79 Å². The predicted molar refractivity (Wildman–Crippen MR) is 103 cm³/mol. The first-order valence-corrected chi connectivity index (χ1v) is 8.55. The highest BCUT2D eigenvalue weighted by atomic mass is 16.5. The summed E-state index contributed by atoms with van der Waals surface area (Å²) in [5, 5.41) is 3.20. The Bertz CT molecular complexity index is 1190. The molecule has 0 saturated heterocycles. The van der Waals surface area contributed by atoms with Gasteiger partial charge in [0.2, 0.25) is 5.78 Å². The number of Topliss-reactive ketones (excluding diaryl/α,β-unsaturated/α-hetero) is 1. The lowest BCUT2D eigenvalue weighted by Crippen LogP contribution is -2.18. The molecule has 0 radical (unpaired) electrons. The van der Waals surface area contributed by atoms with E-state index in [1.165, 1.54) is 0 Å². The van der Waals surface area contributed by atoms with E-state index in [0.29, 0.717) is 23.6 Å². The number of nitrogens with zero attached hydrogens (tertiary/aromatic N) is 1. The van der Waals surface area contributed by atoms with Crippen LogP contribution in [-0.2, 0) is 11.3 Å². The number of ketones is 1. The molecule has 1 aliphatic rings. The topological polar surface area (TPSA) is 39.2 Å². The first-order valence-electron chi connectivity index (χ1n) is 8.55. The average molecular weight is 337 g/mol. The van der Waals surface area contributed by atoms with E-state index >= 15 is 0 Å². The Labute approximate surface area is 150 Å². The summed E-state index contributed by atoms with van der Waals surface area (Å²) in [6.45, 7) is 0.304. The van der Waals surface area contributed by atoms with Crippen molar-refractivity contribution in [3.05, 3.63) is 95.4 Å². The number of ether oxygens (including phenoxy) is 1. The second-order valence-corrected chi connectivity index (χ2v) is 6.38. The summed E-state index contributed by atoms with van der Waals surface area (Å²) >= 11 is 0. The first kappa shape index (κ1) is 14.8. The average Bonchev–Trinajstić information content (AvgIpc) is 2.70. The lowest BCUT2D eigenvalue weighted by Gasteiger charge is -2.19. The van der Waals surface area contributed by atoms with Crippen LogP contribution in [0.2, 0.25) is 0 Å². The smallest absolute Gasteiger partial charge is 0.229 e. The Balaban J connectivity index is 1.65. The minimum Gasteiger partial charge on any atom is -0.483 e. The highest BCUT2D eigenvalue weighted by Gasteiger charge is 2.25. The van der Waals surface area contributed by atoms with Gasteiger partial charge in [-0.1, -0.05) is 66.7 Å². The van der Waals surface area contributed by atoms with Crippen molar-refractivity contribution in [3.63, 3.8) is 0 Å². The van der Waals surface area contributed by atoms with Crippen molar-refractivity contribution in [3.8, 4) is 0 Å². The molecule has 1 aromatic heterocycles. The molecule has 2 heterocycles. The van der Waals surface area contributed by atoms with Gasteiger partial charge in [-0.25, -0.2) is 4.98 Å². The number of allylic oxidation sites excluding steroid dienone is 1. The predicted octanol–water partition coefficient (Wildman–Crippen LogP) is 5.14. The van der Waals surface area contributed by atoms with Crippen molar-refractivity contribution in [1.82, 2.24) is 4.98 Å². The van der Waals surface area contributed by atoms with Gasteiger partial charge in [0.25, 0.3) is 0 Å². The van der Waals surface area contributed by atoms with Crippen molar-refractivity contribution >= 4 is 33.5 Å². The number of carbonyl (C=O) groups is 1. The van der Waals surface area contributed by atoms with Crippen LogP contribution in [0.1, 0.15) is 21.6 Å². The molecule has 26 heavy (non-hydrogen) atoms. The molecule has 0 bridgehead atoms. The van der Waals surface area contributed by atoms with E-state index in [1.807, 2.05) is 54.6 Å². The maximum Gasteiger partial charge on any atom is 0.229 e. The quantitative estimate of drug-likeness (QED) is 0.356. The van der Waals surface area contributed by atoms with Crippen LogP contribution >= 0.6 is 0 Å². The van der Waals surface area contributed by atoms with Crippen LogP contribution in [0.4, 0.5) is 0 Å². The van der Waals surface area contributed by atoms with Crippen molar-refractivity contribution in [2.24, 2.45) is 0 Å². The SMILES string of the molecule is O=C1/C(=C/c2ccccc2)OCc2nc3c(ccc4ccccc43)cc21. The summed E-state index contributed by atoms with van der Waals surface area (Å²) in [6.07, 6.45) is 1.79. The molecule has 0 N–H and O–H groups in total. The molecule has 0 atom stereocenters. The third-order valence-corrected chi connectivity index (χ3v) is 4.72. The van der Waals surface area contributed by atoms with E-state index < -0.39 is 0 Å². The van der Waals surface area contributed by atoms with Crippen LogP contribution in [-0.4, -0.2) is 10.8 Å². The van der Waals surface area contributed by atoms with Gasteiger partial charge in [-0.15, -0.1) is 0 Å². The highest BCUT2D eigenvalue weighted by molar-refractivity contribution is 6.14. The van der Waals surface area contributed by atoms with Gasteiger partial charge in [-0.05, 0) is 23.1 Å². The molecule has 124 valence electrons. The molecule has 0 amide bonds. The Kier molecular flexibility index (Phi) is 3.32. The van der Waals surface area contributed by atoms with Gasteiger partial charge in [-0.2, -0.15) is 0 Å². The molecule has 0 saturated carbocycles. The first-order chi connectivity index (χ1) is 12.8. The third-order valence-electron chi connectivity index (χ3n) is 4.72. The number of benzene rings is 3. The van der Waals surface area contributed by atoms with Crippen LogP contribution in [0.3, 0.4) is 0 Å². The second kappa shape index (κ2) is 5.81. The zero-order chi connectivity index (χ0) is 17.5. The minimum absolute atomic E-state index is 0.113. The highest BCUT2D eigenvalue weighted by Crippen LogP contribution is 2.30. The monoisotopic (exact) mass is 337 g/mol. The fraction of sp³-hybridized carbons (Fsp3) is 0.0435. The summed E-state index contributed by atoms with van der Waals surface area (Å²) in [6, 6.07) is 23.9.